The Hall–Kier alpha value is -2.64. The minimum atomic E-state index is -0.440. The van der Waals surface area contributed by atoms with Crippen LogP contribution < -0.4 is 5.32 Å². The number of aliphatic imine (C=N–C) groups is 2. The van der Waals surface area contributed by atoms with Gasteiger partial charge in [-0.2, -0.15) is 0 Å². The van der Waals surface area contributed by atoms with Gasteiger partial charge in [0, 0.05) is 16.3 Å². The van der Waals surface area contributed by atoms with Crippen LogP contribution in [0.15, 0.2) is 58.5 Å². The van der Waals surface area contributed by atoms with Crippen molar-refractivity contribution < 1.29 is 9.59 Å². The Morgan fingerprint density at radius 1 is 1.21 bits per heavy atom. The standard InChI is InChI=1S/C21H19ClN4O2S/c1-12(2)18-20(28)26-19(25-18)15-5-3-4-6-16(15)24-21(26)29-11-17(27)23-14-9-7-13(22)8-10-14/h3-10,12,18H,11H2,1-2H3,(H,23,27). The van der Waals surface area contributed by atoms with E-state index in [0.29, 0.717) is 21.7 Å². The van der Waals surface area contributed by atoms with E-state index >= 15 is 0 Å². The van der Waals surface area contributed by atoms with E-state index in [1.165, 1.54) is 11.8 Å². The third kappa shape index (κ3) is 3.93. The number of para-hydroxylation sites is 1. The number of carbonyl (C=O) groups excluding carboxylic acids is 2. The van der Waals surface area contributed by atoms with Crippen LogP contribution in [0.4, 0.5) is 11.4 Å². The number of rotatable bonds is 4. The molecule has 2 aliphatic rings. The van der Waals surface area contributed by atoms with Crippen molar-refractivity contribution in [1.82, 2.24) is 4.90 Å². The first kappa shape index (κ1) is 19.7. The Kier molecular flexibility index (Phi) is 5.43. The molecule has 0 radical (unpaired) electrons. The summed E-state index contributed by atoms with van der Waals surface area (Å²) in [7, 11) is 0. The average Bonchev–Trinajstić information content (AvgIpc) is 3.06. The van der Waals surface area contributed by atoms with Crippen molar-refractivity contribution in [2.24, 2.45) is 15.9 Å². The Morgan fingerprint density at radius 3 is 2.66 bits per heavy atom. The van der Waals surface area contributed by atoms with Crippen LogP contribution in [0.5, 0.6) is 0 Å². The summed E-state index contributed by atoms with van der Waals surface area (Å²) in [6.45, 7) is 3.95. The maximum absolute atomic E-state index is 13.0. The number of nitrogens with zero attached hydrogens (tertiary/aromatic N) is 3. The van der Waals surface area contributed by atoms with Crippen LogP contribution in [-0.2, 0) is 9.59 Å². The van der Waals surface area contributed by atoms with Crippen LogP contribution in [-0.4, -0.2) is 39.5 Å². The van der Waals surface area contributed by atoms with Crippen LogP contribution in [0, 0.1) is 5.92 Å². The van der Waals surface area contributed by atoms with Crippen LogP contribution in [0.2, 0.25) is 5.02 Å². The summed E-state index contributed by atoms with van der Waals surface area (Å²) in [4.78, 5) is 36.2. The number of amidine groups is 2. The van der Waals surface area contributed by atoms with Crippen LogP contribution in [0.3, 0.4) is 0 Å². The van der Waals surface area contributed by atoms with Crippen LogP contribution in [0.25, 0.3) is 0 Å². The van der Waals surface area contributed by atoms with E-state index in [9.17, 15) is 9.59 Å². The first-order valence-corrected chi connectivity index (χ1v) is 10.6. The molecule has 0 fully saturated rings. The third-order valence-corrected chi connectivity index (χ3v) is 5.78. The highest BCUT2D eigenvalue weighted by atomic mass is 35.5. The molecule has 2 amide bonds. The number of hydrogen-bond acceptors (Lipinski definition) is 5. The molecule has 8 heteroatoms. The maximum atomic E-state index is 13.0. The second-order valence-electron chi connectivity index (χ2n) is 7.07. The fourth-order valence-corrected chi connectivity index (χ4v) is 4.09. The van der Waals surface area contributed by atoms with Crippen molar-refractivity contribution in [2.45, 2.75) is 19.9 Å². The number of amides is 2. The lowest BCUT2D eigenvalue weighted by Crippen LogP contribution is -2.42. The molecule has 0 saturated heterocycles. The predicted octanol–water partition coefficient (Wildman–Crippen LogP) is 4.33. The molecule has 2 aromatic carbocycles. The number of carbonyl (C=O) groups is 2. The lowest BCUT2D eigenvalue weighted by molar-refractivity contribution is -0.125. The zero-order valence-corrected chi connectivity index (χ0v) is 17.5. The smallest absolute Gasteiger partial charge is 0.259 e. The molecule has 6 nitrogen and oxygen atoms in total. The molecule has 148 valence electrons. The summed E-state index contributed by atoms with van der Waals surface area (Å²) in [6, 6.07) is 14.1. The highest BCUT2D eigenvalue weighted by Gasteiger charge is 2.42. The number of anilines is 1. The Labute approximate surface area is 178 Å². The van der Waals surface area contributed by atoms with Gasteiger partial charge >= 0.3 is 0 Å². The average molecular weight is 427 g/mol. The lowest BCUT2D eigenvalue weighted by atomic mass is 10.1. The predicted molar refractivity (Wildman–Crippen MR) is 118 cm³/mol. The fourth-order valence-electron chi connectivity index (χ4n) is 3.16. The largest absolute Gasteiger partial charge is 0.325 e. The summed E-state index contributed by atoms with van der Waals surface area (Å²) >= 11 is 7.09. The van der Waals surface area contributed by atoms with Crippen molar-refractivity contribution in [3.05, 3.63) is 59.1 Å². The van der Waals surface area contributed by atoms with Gasteiger partial charge in [-0.1, -0.05) is 49.3 Å². The van der Waals surface area contributed by atoms with Gasteiger partial charge < -0.3 is 5.32 Å². The minimum absolute atomic E-state index is 0.0761. The molecule has 2 aromatic rings. The number of thioether (sulfide) groups is 1. The first-order chi connectivity index (χ1) is 13.9. The number of hydrogen-bond donors (Lipinski definition) is 1. The Morgan fingerprint density at radius 2 is 1.93 bits per heavy atom. The molecule has 2 heterocycles. The number of fused-ring (bicyclic) bond motifs is 3. The second kappa shape index (κ2) is 8.00. The van der Waals surface area contributed by atoms with Crippen molar-refractivity contribution in [1.29, 1.82) is 0 Å². The summed E-state index contributed by atoms with van der Waals surface area (Å²) < 4.78 is 0. The van der Waals surface area contributed by atoms with Gasteiger partial charge in [0.05, 0.1) is 11.4 Å². The maximum Gasteiger partial charge on any atom is 0.259 e. The van der Waals surface area contributed by atoms with Crippen LogP contribution >= 0.6 is 23.4 Å². The molecule has 29 heavy (non-hydrogen) atoms. The lowest BCUT2D eigenvalue weighted by Gasteiger charge is -2.25. The Bertz CT molecular complexity index is 1030. The quantitative estimate of drug-likeness (QED) is 0.790. The normalized spacial score (nSPS) is 17.6. The van der Waals surface area contributed by atoms with Gasteiger partial charge in [0.2, 0.25) is 5.91 Å². The molecule has 1 N–H and O–H groups in total. The van der Waals surface area contributed by atoms with E-state index < -0.39 is 6.04 Å². The van der Waals surface area contributed by atoms with E-state index in [-0.39, 0.29) is 23.5 Å². The molecule has 0 saturated carbocycles. The highest BCUT2D eigenvalue weighted by Crippen LogP contribution is 2.34. The third-order valence-electron chi connectivity index (χ3n) is 4.59. The van der Waals surface area contributed by atoms with Gasteiger partial charge in [-0.05, 0) is 42.3 Å². The first-order valence-electron chi connectivity index (χ1n) is 9.22. The van der Waals surface area contributed by atoms with Crippen molar-refractivity contribution in [3.63, 3.8) is 0 Å². The molecule has 1 atom stereocenters. The second-order valence-corrected chi connectivity index (χ2v) is 8.45. The Balaban J connectivity index is 1.54. The molecule has 0 aromatic heterocycles. The summed E-state index contributed by atoms with van der Waals surface area (Å²) in [5, 5.41) is 3.90. The minimum Gasteiger partial charge on any atom is -0.325 e. The topological polar surface area (TPSA) is 74.1 Å². The molecule has 0 aliphatic carbocycles. The van der Waals surface area contributed by atoms with E-state index in [1.54, 1.807) is 29.2 Å². The van der Waals surface area contributed by atoms with Gasteiger partial charge in [-0.3, -0.25) is 14.6 Å². The highest BCUT2D eigenvalue weighted by molar-refractivity contribution is 8.14. The van der Waals surface area contributed by atoms with E-state index in [0.717, 1.165) is 11.3 Å². The molecule has 4 rings (SSSR count). The monoisotopic (exact) mass is 426 g/mol. The molecule has 0 spiro atoms. The zero-order valence-electron chi connectivity index (χ0n) is 15.9. The summed E-state index contributed by atoms with van der Waals surface area (Å²) in [6.07, 6.45) is 0. The van der Waals surface area contributed by atoms with E-state index in [4.69, 9.17) is 11.6 Å². The summed E-state index contributed by atoms with van der Waals surface area (Å²) in [5.41, 5.74) is 2.24. The molecule has 2 aliphatic heterocycles. The van der Waals surface area contributed by atoms with Crippen molar-refractivity contribution in [2.75, 3.05) is 11.1 Å². The molecular weight excluding hydrogens is 408 g/mol. The summed E-state index contributed by atoms with van der Waals surface area (Å²) in [5.74, 6) is 0.512. The number of halogens is 1. The zero-order chi connectivity index (χ0) is 20.5. The van der Waals surface area contributed by atoms with E-state index in [1.807, 2.05) is 38.1 Å². The molecule has 0 bridgehead atoms. The van der Waals surface area contributed by atoms with Crippen LogP contribution in [0.1, 0.15) is 19.4 Å². The van der Waals surface area contributed by atoms with Gasteiger partial charge in [-0.15, -0.1) is 0 Å². The van der Waals surface area contributed by atoms with Gasteiger partial charge in [-0.25, -0.2) is 9.89 Å². The van der Waals surface area contributed by atoms with Gasteiger partial charge in [0.15, 0.2) is 5.17 Å². The van der Waals surface area contributed by atoms with E-state index in [2.05, 4.69) is 15.3 Å². The SMILES string of the molecule is CC(C)C1N=C2c3ccccc3N=C(SCC(=O)Nc3ccc(Cl)cc3)N2C1=O. The van der Waals surface area contributed by atoms with Crippen molar-refractivity contribution >= 4 is 57.6 Å². The molecule has 1 unspecified atom stereocenters. The number of benzene rings is 2. The van der Waals surface area contributed by atoms with Crippen molar-refractivity contribution in [3.8, 4) is 0 Å². The number of nitrogens with one attached hydrogen (secondary N) is 1. The van der Waals surface area contributed by atoms with Gasteiger partial charge in [0.25, 0.3) is 5.91 Å². The van der Waals surface area contributed by atoms with Gasteiger partial charge in [0.1, 0.15) is 11.9 Å². The fraction of sp³-hybridized carbons (Fsp3) is 0.238. The molecular formula is C21H19ClN4O2S.